The molecule has 0 saturated heterocycles. The Balaban J connectivity index is 1.87. The lowest BCUT2D eigenvalue weighted by Gasteiger charge is -2.22. The number of amides is 2. The number of hydrogen-bond acceptors (Lipinski definition) is 5. The highest BCUT2D eigenvalue weighted by molar-refractivity contribution is 7.13. The first-order valence-corrected chi connectivity index (χ1v) is 6.99. The number of hydrogen-bond donors (Lipinski definition) is 1. The zero-order valence-corrected chi connectivity index (χ0v) is 11.6. The summed E-state index contributed by atoms with van der Waals surface area (Å²) < 4.78 is 0. The molecule has 1 aromatic carbocycles. The Morgan fingerprint density at radius 2 is 2.20 bits per heavy atom. The van der Waals surface area contributed by atoms with Crippen molar-refractivity contribution in [1.29, 1.82) is 0 Å². The molecule has 7 heteroatoms. The van der Waals surface area contributed by atoms with Crippen molar-refractivity contribution >= 4 is 34.0 Å². The molecule has 0 saturated carbocycles. The first-order valence-electron chi connectivity index (χ1n) is 6.11. The van der Waals surface area contributed by atoms with Crippen LogP contribution in [0.4, 0.5) is 10.8 Å². The molecule has 1 aliphatic rings. The number of carbonyl (C=O) groups excluding carboxylic acids is 2. The summed E-state index contributed by atoms with van der Waals surface area (Å²) in [7, 11) is 0. The van der Waals surface area contributed by atoms with Crippen LogP contribution in [0.5, 0.6) is 0 Å². The summed E-state index contributed by atoms with van der Waals surface area (Å²) >= 11 is 1.25. The van der Waals surface area contributed by atoms with E-state index in [9.17, 15) is 9.59 Å². The molecule has 1 atom stereocenters. The smallest absolute Gasteiger partial charge is 0.249 e. The Morgan fingerprint density at radius 1 is 1.40 bits per heavy atom. The molecule has 6 nitrogen and oxygen atoms in total. The van der Waals surface area contributed by atoms with Gasteiger partial charge in [-0.05, 0) is 11.6 Å². The normalized spacial score (nSPS) is 16.9. The lowest BCUT2D eigenvalue weighted by molar-refractivity contribution is -0.122. The number of rotatable bonds is 2. The molecule has 0 aliphatic carbocycles. The summed E-state index contributed by atoms with van der Waals surface area (Å²) in [6, 6.07) is 7.02. The van der Waals surface area contributed by atoms with Crippen LogP contribution in [-0.4, -0.2) is 28.1 Å². The number of carbonyl (C=O) groups is 2. The zero-order chi connectivity index (χ0) is 14.1. The highest BCUT2D eigenvalue weighted by atomic mass is 32.1. The fourth-order valence-corrected chi connectivity index (χ4v) is 2.85. The minimum atomic E-state index is -0.534. The fraction of sp³-hybridized carbons (Fsp3) is 0.231. The highest BCUT2D eigenvalue weighted by Crippen LogP contribution is 2.32. The van der Waals surface area contributed by atoms with E-state index in [-0.39, 0.29) is 11.8 Å². The third-order valence-electron chi connectivity index (χ3n) is 3.21. The van der Waals surface area contributed by atoms with Crippen LogP contribution in [0, 0.1) is 0 Å². The molecule has 3 rings (SSSR count). The number of benzene rings is 1. The second-order valence-corrected chi connectivity index (χ2v) is 5.30. The van der Waals surface area contributed by atoms with Gasteiger partial charge in [0.2, 0.25) is 16.9 Å². The predicted molar refractivity (Wildman–Crippen MR) is 75.6 cm³/mol. The van der Waals surface area contributed by atoms with Gasteiger partial charge in [0.15, 0.2) is 0 Å². The lowest BCUT2D eigenvalue weighted by Crippen LogP contribution is -2.44. The van der Waals surface area contributed by atoms with Gasteiger partial charge in [-0.25, -0.2) is 0 Å². The molecule has 0 radical (unpaired) electrons. The van der Waals surface area contributed by atoms with Gasteiger partial charge < -0.3 is 0 Å². The average Bonchev–Trinajstić information content (AvgIpc) is 3.04. The maximum Gasteiger partial charge on any atom is 0.249 e. The van der Waals surface area contributed by atoms with E-state index < -0.39 is 6.04 Å². The summed E-state index contributed by atoms with van der Waals surface area (Å²) in [5.74, 6) is -0.388. The van der Waals surface area contributed by atoms with Crippen LogP contribution in [0.15, 0.2) is 29.8 Å². The Labute approximate surface area is 119 Å². The Morgan fingerprint density at radius 3 is 2.90 bits per heavy atom. The second-order valence-electron chi connectivity index (χ2n) is 4.47. The number of para-hydroxylation sites is 1. The average molecular weight is 288 g/mol. The van der Waals surface area contributed by atoms with E-state index in [1.807, 2.05) is 24.3 Å². The topological polar surface area (TPSA) is 75.2 Å². The number of nitrogens with zero attached hydrogens (tertiary/aromatic N) is 3. The van der Waals surface area contributed by atoms with Gasteiger partial charge in [-0.1, -0.05) is 29.5 Å². The van der Waals surface area contributed by atoms with Gasteiger partial charge in [-0.15, -0.1) is 10.2 Å². The SMILES string of the molecule is CC(=O)N1c2ccccc2C[C@H]1C(=O)Nc1nncs1. The van der Waals surface area contributed by atoms with Gasteiger partial charge in [0.1, 0.15) is 11.6 Å². The van der Waals surface area contributed by atoms with Crippen molar-refractivity contribution < 1.29 is 9.59 Å². The molecular weight excluding hydrogens is 276 g/mol. The molecule has 1 aliphatic heterocycles. The third-order valence-corrected chi connectivity index (χ3v) is 3.81. The molecule has 2 heterocycles. The zero-order valence-electron chi connectivity index (χ0n) is 10.7. The van der Waals surface area contributed by atoms with Gasteiger partial charge in [0.05, 0.1) is 0 Å². The Kier molecular flexibility index (Phi) is 3.19. The van der Waals surface area contributed by atoms with Crippen molar-refractivity contribution in [2.75, 3.05) is 10.2 Å². The van der Waals surface area contributed by atoms with E-state index in [0.29, 0.717) is 11.6 Å². The molecule has 0 unspecified atom stereocenters. The molecule has 2 aromatic rings. The van der Waals surface area contributed by atoms with E-state index in [2.05, 4.69) is 15.5 Å². The second kappa shape index (κ2) is 5.01. The van der Waals surface area contributed by atoms with Crippen molar-refractivity contribution in [3.8, 4) is 0 Å². The largest absolute Gasteiger partial charge is 0.300 e. The van der Waals surface area contributed by atoms with E-state index in [0.717, 1.165) is 11.3 Å². The number of fused-ring (bicyclic) bond motifs is 1. The maximum absolute atomic E-state index is 12.3. The first kappa shape index (κ1) is 12.7. The molecule has 1 N–H and O–H groups in total. The molecule has 2 amide bonds. The van der Waals surface area contributed by atoms with Crippen molar-refractivity contribution in [2.24, 2.45) is 0 Å². The molecule has 0 spiro atoms. The molecule has 20 heavy (non-hydrogen) atoms. The summed E-state index contributed by atoms with van der Waals surface area (Å²) in [5, 5.41) is 10.6. The van der Waals surface area contributed by atoms with Crippen LogP contribution >= 0.6 is 11.3 Å². The van der Waals surface area contributed by atoms with Crippen molar-refractivity contribution in [3.63, 3.8) is 0 Å². The monoisotopic (exact) mass is 288 g/mol. The minimum absolute atomic E-state index is 0.146. The predicted octanol–water partition coefficient (Wildman–Crippen LogP) is 1.45. The van der Waals surface area contributed by atoms with Crippen LogP contribution < -0.4 is 10.2 Å². The lowest BCUT2D eigenvalue weighted by atomic mass is 10.1. The molecule has 1 aromatic heterocycles. The summed E-state index contributed by atoms with van der Waals surface area (Å²) in [6.07, 6.45) is 0.514. The van der Waals surface area contributed by atoms with Gasteiger partial charge in [0, 0.05) is 19.0 Å². The molecule has 0 bridgehead atoms. The first-order chi connectivity index (χ1) is 9.66. The Hall–Kier alpha value is -2.28. The van der Waals surface area contributed by atoms with Gasteiger partial charge >= 0.3 is 0 Å². The molecule has 102 valence electrons. The highest BCUT2D eigenvalue weighted by Gasteiger charge is 2.36. The fourth-order valence-electron chi connectivity index (χ4n) is 2.40. The summed E-state index contributed by atoms with van der Waals surface area (Å²) in [6.45, 7) is 1.47. The van der Waals surface area contributed by atoms with Crippen molar-refractivity contribution in [1.82, 2.24) is 10.2 Å². The third kappa shape index (κ3) is 2.16. The van der Waals surface area contributed by atoms with Crippen LogP contribution in [-0.2, 0) is 16.0 Å². The van der Waals surface area contributed by atoms with E-state index in [4.69, 9.17) is 0 Å². The molecule has 0 fully saturated rings. The van der Waals surface area contributed by atoms with E-state index >= 15 is 0 Å². The Bertz CT molecular complexity index is 656. The van der Waals surface area contributed by atoms with Gasteiger partial charge in [0.25, 0.3) is 0 Å². The number of anilines is 2. The molecular formula is C13H12N4O2S. The van der Waals surface area contributed by atoms with Crippen LogP contribution in [0.25, 0.3) is 0 Å². The standard InChI is InChI=1S/C13H12N4O2S/c1-8(18)17-10-5-3-2-4-9(10)6-11(17)12(19)15-13-16-14-7-20-13/h2-5,7,11H,6H2,1H3,(H,15,16,19)/t11-/m0/s1. The summed E-state index contributed by atoms with van der Waals surface area (Å²) in [5.41, 5.74) is 3.35. The van der Waals surface area contributed by atoms with Crippen LogP contribution in [0.2, 0.25) is 0 Å². The van der Waals surface area contributed by atoms with Crippen molar-refractivity contribution in [2.45, 2.75) is 19.4 Å². The maximum atomic E-state index is 12.3. The van der Waals surface area contributed by atoms with Gasteiger partial charge in [-0.2, -0.15) is 0 Å². The van der Waals surface area contributed by atoms with Crippen LogP contribution in [0.3, 0.4) is 0 Å². The van der Waals surface area contributed by atoms with E-state index in [1.54, 1.807) is 5.51 Å². The quantitative estimate of drug-likeness (QED) is 0.907. The minimum Gasteiger partial charge on any atom is -0.300 e. The number of aromatic nitrogens is 2. The number of nitrogens with one attached hydrogen (secondary N) is 1. The van der Waals surface area contributed by atoms with E-state index in [1.165, 1.54) is 23.2 Å². The van der Waals surface area contributed by atoms with Crippen molar-refractivity contribution in [3.05, 3.63) is 35.3 Å². The van der Waals surface area contributed by atoms with Crippen LogP contribution in [0.1, 0.15) is 12.5 Å². The summed E-state index contributed by atoms with van der Waals surface area (Å²) in [4.78, 5) is 25.7. The van der Waals surface area contributed by atoms with Gasteiger partial charge in [-0.3, -0.25) is 19.8 Å².